The fourth-order valence-electron chi connectivity index (χ4n) is 3.74. The first kappa shape index (κ1) is 16.6. The number of hydrogen-bond donors (Lipinski definition) is 0. The van der Waals surface area contributed by atoms with Crippen molar-refractivity contribution in [2.45, 2.75) is 20.3 Å². The van der Waals surface area contributed by atoms with Crippen molar-refractivity contribution in [3.05, 3.63) is 102 Å². The Hall–Kier alpha value is -2.86. The molecule has 0 fully saturated rings. The molecule has 0 aromatic heterocycles. The van der Waals surface area contributed by atoms with Crippen molar-refractivity contribution in [2.24, 2.45) is 5.92 Å². The number of allylic oxidation sites excluding steroid dienone is 4. The fraction of sp³-hybridized carbons (Fsp3) is 0.154. The highest BCUT2D eigenvalue weighted by molar-refractivity contribution is 5.85. The molecular formula is C26H24. The molecule has 0 heteroatoms. The van der Waals surface area contributed by atoms with E-state index in [2.05, 4.69) is 105 Å². The highest BCUT2D eigenvalue weighted by Gasteiger charge is 2.11. The minimum absolute atomic E-state index is 0.609. The maximum atomic E-state index is 2.34. The highest BCUT2D eigenvalue weighted by Crippen LogP contribution is 2.35. The highest BCUT2D eigenvalue weighted by atomic mass is 14.2. The summed E-state index contributed by atoms with van der Waals surface area (Å²) in [7, 11) is 0. The second-order valence-corrected chi connectivity index (χ2v) is 7.25. The third-order valence-corrected chi connectivity index (χ3v) is 5.08. The summed E-state index contributed by atoms with van der Waals surface area (Å²) in [5, 5.41) is 0. The predicted octanol–water partition coefficient (Wildman–Crippen LogP) is 7.31. The van der Waals surface area contributed by atoms with E-state index in [1.165, 1.54) is 39.0 Å². The van der Waals surface area contributed by atoms with Gasteiger partial charge in [0.1, 0.15) is 0 Å². The molecule has 1 unspecified atom stereocenters. The number of hydrogen-bond acceptors (Lipinski definition) is 0. The van der Waals surface area contributed by atoms with Crippen molar-refractivity contribution in [3.8, 4) is 22.3 Å². The molecule has 0 N–H and O–H groups in total. The van der Waals surface area contributed by atoms with E-state index in [0.717, 1.165) is 6.42 Å². The van der Waals surface area contributed by atoms with Gasteiger partial charge in [-0.15, -0.1) is 0 Å². The van der Waals surface area contributed by atoms with Crippen LogP contribution in [0.15, 0.2) is 91.0 Å². The van der Waals surface area contributed by atoms with Crippen LogP contribution in [-0.2, 0) is 0 Å². The Balaban J connectivity index is 1.79. The zero-order chi connectivity index (χ0) is 17.9. The van der Waals surface area contributed by atoms with Gasteiger partial charge in [-0.1, -0.05) is 97.4 Å². The van der Waals surface area contributed by atoms with Crippen LogP contribution in [0.2, 0.25) is 0 Å². The van der Waals surface area contributed by atoms with Gasteiger partial charge in [0.05, 0.1) is 0 Å². The Bertz CT molecular complexity index is 988. The molecule has 1 atom stereocenters. The Kier molecular flexibility index (Phi) is 4.58. The van der Waals surface area contributed by atoms with Crippen LogP contribution in [0.3, 0.4) is 0 Å². The van der Waals surface area contributed by atoms with Crippen molar-refractivity contribution in [2.75, 3.05) is 0 Å². The van der Waals surface area contributed by atoms with Gasteiger partial charge in [-0.3, -0.25) is 0 Å². The minimum atomic E-state index is 0.609. The lowest BCUT2D eigenvalue weighted by atomic mass is 9.88. The average molecular weight is 336 g/mol. The second-order valence-electron chi connectivity index (χ2n) is 7.25. The van der Waals surface area contributed by atoms with E-state index in [9.17, 15) is 0 Å². The molecule has 26 heavy (non-hydrogen) atoms. The molecule has 4 rings (SSSR count). The SMILES string of the molecule is Cc1cccc(-c2ccccc2-c2cccc(C3=CC=CC(C)C3)c2)c1. The van der Waals surface area contributed by atoms with Crippen LogP contribution < -0.4 is 0 Å². The molecule has 128 valence electrons. The van der Waals surface area contributed by atoms with Crippen LogP contribution >= 0.6 is 0 Å². The lowest BCUT2D eigenvalue weighted by Crippen LogP contribution is -1.97. The largest absolute Gasteiger partial charge is 0.0814 e. The topological polar surface area (TPSA) is 0 Å². The van der Waals surface area contributed by atoms with Gasteiger partial charge < -0.3 is 0 Å². The summed E-state index contributed by atoms with van der Waals surface area (Å²) < 4.78 is 0. The van der Waals surface area contributed by atoms with E-state index in [1.54, 1.807) is 0 Å². The normalized spacial score (nSPS) is 16.4. The third-order valence-electron chi connectivity index (χ3n) is 5.08. The Morgan fingerprint density at radius 3 is 2.08 bits per heavy atom. The molecule has 0 saturated carbocycles. The predicted molar refractivity (Wildman–Crippen MR) is 113 cm³/mol. The second kappa shape index (κ2) is 7.17. The summed E-state index contributed by atoms with van der Waals surface area (Å²) in [4.78, 5) is 0. The summed E-state index contributed by atoms with van der Waals surface area (Å²) in [6.45, 7) is 4.43. The standard InChI is InChI=1S/C26H24/c1-19-8-5-10-21(16-19)22-11-7-13-24(18-22)26-15-4-3-14-25(26)23-12-6-9-20(2)17-23/h3-15,17-19H,16H2,1-2H3. The molecular weight excluding hydrogens is 312 g/mol. The number of aryl methyl sites for hydroxylation is 1. The zero-order valence-corrected chi connectivity index (χ0v) is 15.4. The van der Waals surface area contributed by atoms with Gasteiger partial charge >= 0.3 is 0 Å². The van der Waals surface area contributed by atoms with E-state index in [4.69, 9.17) is 0 Å². The van der Waals surface area contributed by atoms with Crippen LogP contribution in [0.4, 0.5) is 0 Å². The van der Waals surface area contributed by atoms with E-state index < -0.39 is 0 Å². The van der Waals surface area contributed by atoms with Gasteiger partial charge in [-0.05, 0) is 58.7 Å². The molecule has 3 aromatic carbocycles. The molecule has 0 radical (unpaired) electrons. The van der Waals surface area contributed by atoms with Crippen LogP contribution in [0.5, 0.6) is 0 Å². The summed E-state index contributed by atoms with van der Waals surface area (Å²) >= 11 is 0. The Labute approximate surface area is 156 Å². The van der Waals surface area contributed by atoms with Crippen molar-refractivity contribution < 1.29 is 0 Å². The maximum Gasteiger partial charge on any atom is -0.0105 e. The van der Waals surface area contributed by atoms with Gasteiger partial charge in [0.25, 0.3) is 0 Å². The molecule has 0 heterocycles. The molecule has 0 saturated heterocycles. The monoisotopic (exact) mass is 336 g/mol. The summed E-state index contributed by atoms with van der Waals surface area (Å²) in [6.07, 6.45) is 7.84. The Morgan fingerprint density at radius 2 is 1.38 bits per heavy atom. The molecule has 1 aliphatic carbocycles. The van der Waals surface area contributed by atoms with Gasteiger partial charge in [-0.25, -0.2) is 0 Å². The molecule has 0 amide bonds. The van der Waals surface area contributed by atoms with Crippen LogP contribution in [0.25, 0.3) is 27.8 Å². The molecule has 0 spiro atoms. The number of benzene rings is 3. The lowest BCUT2D eigenvalue weighted by Gasteiger charge is -2.16. The van der Waals surface area contributed by atoms with Crippen LogP contribution in [0.1, 0.15) is 24.5 Å². The van der Waals surface area contributed by atoms with E-state index >= 15 is 0 Å². The van der Waals surface area contributed by atoms with Crippen LogP contribution in [0, 0.1) is 12.8 Å². The third kappa shape index (κ3) is 3.41. The molecule has 0 bridgehead atoms. The van der Waals surface area contributed by atoms with Crippen LogP contribution in [-0.4, -0.2) is 0 Å². The van der Waals surface area contributed by atoms with Gasteiger partial charge in [0.15, 0.2) is 0 Å². The van der Waals surface area contributed by atoms with Crippen molar-refractivity contribution >= 4 is 5.57 Å². The molecule has 0 nitrogen and oxygen atoms in total. The first-order valence-corrected chi connectivity index (χ1v) is 9.35. The zero-order valence-electron chi connectivity index (χ0n) is 15.4. The van der Waals surface area contributed by atoms with E-state index in [0.29, 0.717) is 5.92 Å². The first-order chi connectivity index (χ1) is 12.7. The summed E-state index contributed by atoms with van der Waals surface area (Å²) in [5.41, 5.74) is 9.19. The smallest absolute Gasteiger partial charge is 0.0105 e. The first-order valence-electron chi connectivity index (χ1n) is 9.35. The van der Waals surface area contributed by atoms with Crippen molar-refractivity contribution in [1.82, 2.24) is 0 Å². The number of rotatable bonds is 3. The van der Waals surface area contributed by atoms with Gasteiger partial charge in [0.2, 0.25) is 0 Å². The van der Waals surface area contributed by atoms with Crippen molar-refractivity contribution in [1.29, 1.82) is 0 Å². The fourth-order valence-corrected chi connectivity index (χ4v) is 3.74. The molecule has 1 aliphatic rings. The lowest BCUT2D eigenvalue weighted by molar-refractivity contribution is 0.749. The molecule has 0 aliphatic heterocycles. The Morgan fingerprint density at radius 1 is 0.731 bits per heavy atom. The average Bonchev–Trinajstić information content (AvgIpc) is 2.68. The summed E-state index contributed by atoms with van der Waals surface area (Å²) in [5.74, 6) is 0.609. The van der Waals surface area contributed by atoms with Gasteiger partial charge in [0, 0.05) is 0 Å². The van der Waals surface area contributed by atoms with E-state index in [1.807, 2.05) is 0 Å². The minimum Gasteiger partial charge on any atom is -0.0814 e. The molecule has 3 aromatic rings. The quantitative estimate of drug-likeness (QED) is 0.470. The van der Waals surface area contributed by atoms with Crippen molar-refractivity contribution in [3.63, 3.8) is 0 Å². The van der Waals surface area contributed by atoms with Gasteiger partial charge in [-0.2, -0.15) is 0 Å². The summed E-state index contributed by atoms with van der Waals surface area (Å²) in [6, 6.07) is 26.4. The maximum absolute atomic E-state index is 2.34. The van der Waals surface area contributed by atoms with E-state index in [-0.39, 0.29) is 0 Å².